The Morgan fingerprint density at radius 2 is 1.86 bits per heavy atom. The number of carbonyl (C=O) groups excluding carboxylic acids is 2. The fourth-order valence-corrected chi connectivity index (χ4v) is 3.22. The second-order valence-corrected chi connectivity index (χ2v) is 7.39. The smallest absolute Gasteiger partial charge is 0.267 e. The number of aromatic amines is 1. The average Bonchev–Trinajstić information content (AvgIpc) is 2.69. The first-order valence-corrected chi connectivity index (χ1v) is 9.62. The summed E-state index contributed by atoms with van der Waals surface area (Å²) in [7, 11) is 1.73. The quantitative estimate of drug-likeness (QED) is 0.616. The van der Waals surface area contributed by atoms with Crippen LogP contribution in [0.1, 0.15) is 22.5 Å². The van der Waals surface area contributed by atoms with Crippen LogP contribution in [0.15, 0.2) is 63.9 Å². The summed E-state index contributed by atoms with van der Waals surface area (Å²) in [6.07, 6.45) is 0.180. The van der Waals surface area contributed by atoms with Gasteiger partial charge < -0.3 is 15.2 Å². The van der Waals surface area contributed by atoms with Crippen molar-refractivity contribution in [2.45, 2.75) is 13.0 Å². The average molecular weight is 442 g/mol. The number of fused-ring (bicyclic) bond motifs is 1. The lowest BCUT2D eigenvalue weighted by Gasteiger charge is -2.17. The zero-order valence-electron chi connectivity index (χ0n) is 15.4. The Bertz CT molecular complexity index is 1060. The highest BCUT2D eigenvalue weighted by Gasteiger charge is 2.12. The van der Waals surface area contributed by atoms with Crippen molar-refractivity contribution in [3.63, 3.8) is 0 Å². The second-order valence-electron chi connectivity index (χ2n) is 6.48. The van der Waals surface area contributed by atoms with Gasteiger partial charge in [0, 0.05) is 48.0 Å². The van der Waals surface area contributed by atoms with E-state index in [1.54, 1.807) is 30.1 Å². The first-order chi connectivity index (χ1) is 13.4. The van der Waals surface area contributed by atoms with Crippen molar-refractivity contribution in [1.29, 1.82) is 0 Å². The number of hydrogen-bond donors (Lipinski definition) is 2. The summed E-state index contributed by atoms with van der Waals surface area (Å²) in [5, 5.41) is 3.19. The molecule has 2 amide bonds. The van der Waals surface area contributed by atoms with Crippen LogP contribution < -0.4 is 10.7 Å². The number of benzene rings is 2. The number of pyridine rings is 1. The molecule has 0 fully saturated rings. The Morgan fingerprint density at radius 3 is 2.61 bits per heavy atom. The Morgan fingerprint density at radius 1 is 1.11 bits per heavy atom. The van der Waals surface area contributed by atoms with E-state index < -0.39 is 5.91 Å². The molecule has 0 unspecified atom stereocenters. The number of rotatable bonds is 6. The van der Waals surface area contributed by atoms with E-state index in [2.05, 4.69) is 26.2 Å². The van der Waals surface area contributed by atoms with Crippen LogP contribution in [0.2, 0.25) is 0 Å². The maximum Gasteiger partial charge on any atom is 0.267 e. The van der Waals surface area contributed by atoms with Gasteiger partial charge in [-0.05, 0) is 23.8 Å². The predicted octanol–water partition coefficient (Wildman–Crippen LogP) is 3.07. The van der Waals surface area contributed by atoms with Crippen molar-refractivity contribution in [3.05, 3.63) is 80.6 Å². The zero-order valence-corrected chi connectivity index (χ0v) is 17.0. The molecule has 0 aliphatic rings. The summed E-state index contributed by atoms with van der Waals surface area (Å²) in [6.45, 7) is 0.707. The van der Waals surface area contributed by atoms with Gasteiger partial charge in [-0.2, -0.15) is 0 Å². The van der Waals surface area contributed by atoms with E-state index in [0.717, 1.165) is 10.0 Å². The van der Waals surface area contributed by atoms with Crippen LogP contribution in [0.25, 0.3) is 10.9 Å². The van der Waals surface area contributed by atoms with E-state index in [-0.39, 0.29) is 30.0 Å². The van der Waals surface area contributed by atoms with Crippen molar-refractivity contribution in [2.75, 3.05) is 13.6 Å². The van der Waals surface area contributed by atoms with Crippen LogP contribution in [0.5, 0.6) is 0 Å². The molecule has 3 aromatic rings. The summed E-state index contributed by atoms with van der Waals surface area (Å²) < 4.78 is 0.792. The fraction of sp³-hybridized carbons (Fsp3) is 0.190. The topological polar surface area (TPSA) is 82.3 Å². The van der Waals surface area contributed by atoms with E-state index in [4.69, 9.17) is 0 Å². The molecule has 0 aliphatic heterocycles. The van der Waals surface area contributed by atoms with Crippen molar-refractivity contribution in [2.24, 2.45) is 0 Å². The van der Waals surface area contributed by atoms with Gasteiger partial charge in [0.1, 0.15) is 5.69 Å². The Hall–Kier alpha value is -2.93. The van der Waals surface area contributed by atoms with Gasteiger partial charge in [0.05, 0.1) is 0 Å². The molecule has 0 saturated carbocycles. The number of nitrogens with one attached hydrogen (secondary N) is 2. The van der Waals surface area contributed by atoms with E-state index in [1.165, 1.54) is 6.07 Å². The largest absolute Gasteiger partial charge is 0.350 e. The van der Waals surface area contributed by atoms with Crippen molar-refractivity contribution >= 4 is 38.6 Å². The molecule has 6 nitrogen and oxygen atoms in total. The van der Waals surface area contributed by atoms with Crippen molar-refractivity contribution in [3.8, 4) is 0 Å². The minimum atomic E-state index is -0.416. The molecule has 144 valence electrons. The molecule has 0 saturated heterocycles. The van der Waals surface area contributed by atoms with Gasteiger partial charge in [-0.3, -0.25) is 14.4 Å². The van der Waals surface area contributed by atoms with E-state index in [1.807, 2.05) is 30.3 Å². The van der Waals surface area contributed by atoms with Crippen LogP contribution >= 0.6 is 15.9 Å². The number of H-pyrrole nitrogens is 1. The third-order valence-corrected chi connectivity index (χ3v) is 4.84. The highest BCUT2D eigenvalue weighted by molar-refractivity contribution is 9.10. The predicted molar refractivity (Wildman–Crippen MR) is 112 cm³/mol. The summed E-state index contributed by atoms with van der Waals surface area (Å²) in [4.78, 5) is 41.4. The highest BCUT2D eigenvalue weighted by Crippen LogP contribution is 2.15. The van der Waals surface area contributed by atoms with Gasteiger partial charge in [-0.25, -0.2) is 0 Å². The SMILES string of the molecule is CN(Cc1ccccc1)C(=O)CCNC(=O)c1cc(=O)c2cc(Br)ccc2[nH]1. The van der Waals surface area contributed by atoms with Gasteiger partial charge in [0.25, 0.3) is 5.91 Å². The highest BCUT2D eigenvalue weighted by atomic mass is 79.9. The molecule has 0 aliphatic carbocycles. The third kappa shape index (κ3) is 4.86. The number of aromatic nitrogens is 1. The van der Waals surface area contributed by atoms with Crippen LogP contribution in [-0.4, -0.2) is 35.3 Å². The van der Waals surface area contributed by atoms with E-state index in [0.29, 0.717) is 17.4 Å². The van der Waals surface area contributed by atoms with E-state index in [9.17, 15) is 14.4 Å². The van der Waals surface area contributed by atoms with Gasteiger partial charge in [0.2, 0.25) is 5.91 Å². The Balaban J connectivity index is 1.57. The third-order valence-electron chi connectivity index (χ3n) is 4.35. The molecule has 2 N–H and O–H groups in total. The fourth-order valence-electron chi connectivity index (χ4n) is 2.86. The van der Waals surface area contributed by atoms with Crippen LogP contribution in [0.3, 0.4) is 0 Å². The molecule has 0 radical (unpaired) electrons. The van der Waals surface area contributed by atoms with Crippen LogP contribution in [0, 0.1) is 0 Å². The standard InChI is InChI=1S/C21H20BrN3O3/c1-25(13-14-5-3-2-4-6-14)20(27)9-10-23-21(28)18-12-19(26)16-11-15(22)7-8-17(16)24-18/h2-8,11-12H,9-10,13H2,1H3,(H,23,28)(H,24,26). The lowest BCUT2D eigenvalue weighted by Crippen LogP contribution is -2.32. The number of amides is 2. The lowest BCUT2D eigenvalue weighted by atomic mass is 10.2. The minimum Gasteiger partial charge on any atom is -0.350 e. The summed E-state index contributed by atoms with van der Waals surface area (Å²) in [5.41, 5.74) is 1.56. The lowest BCUT2D eigenvalue weighted by molar-refractivity contribution is -0.130. The monoisotopic (exact) mass is 441 g/mol. The van der Waals surface area contributed by atoms with Gasteiger partial charge in [-0.15, -0.1) is 0 Å². The second kappa shape index (κ2) is 8.84. The van der Waals surface area contributed by atoms with Crippen molar-refractivity contribution < 1.29 is 9.59 Å². The van der Waals surface area contributed by atoms with Crippen molar-refractivity contribution in [1.82, 2.24) is 15.2 Å². The Labute approximate surface area is 170 Å². The normalized spacial score (nSPS) is 10.6. The zero-order chi connectivity index (χ0) is 20.1. The first kappa shape index (κ1) is 19.8. The van der Waals surface area contributed by atoms with Crippen LogP contribution in [0.4, 0.5) is 0 Å². The maximum absolute atomic E-state index is 12.3. The molecule has 7 heteroatoms. The molecule has 1 heterocycles. The number of hydrogen-bond acceptors (Lipinski definition) is 3. The molecule has 3 rings (SSSR count). The number of halogens is 1. The first-order valence-electron chi connectivity index (χ1n) is 8.83. The summed E-state index contributed by atoms with van der Waals surface area (Å²) in [5.74, 6) is -0.485. The number of carbonyl (C=O) groups is 2. The molecule has 0 spiro atoms. The molecular formula is C21H20BrN3O3. The Kier molecular flexibility index (Phi) is 6.26. The molecule has 0 bridgehead atoms. The van der Waals surface area contributed by atoms with Crippen LogP contribution in [-0.2, 0) is 11.3 Å². The van der Waals surface area contributed by atoms with Gasteiger partial charge in [-0.1, -0.05) is 46.3 Å². The molecule has 0 atom stereocenters. The van der Waals surface area contributed by atoms with Gasteiger partial charge >= 0.3 is 0 Å². The maximum atomic E-state index is 12.3. The molecule has 28 heavy (non-hydrogen) atoms. The summed E-state index contributed by atoms with van der Waals surface area (Å²) >= 11 is 3.33. The molecular weight excluding hydrogens is 422 g/mol. The molecule has 2 aromatic carbocycles. The van der Waals surface area contributed by atoms with Gasteiger partial charge in [0.15, 0.2) is 5.43 Å². The summed E-state index contributed by atoms with van der Waals surface area (Å²) in [6, 6.07) is 16.2. The van der Waals surface area contributed by atoms with E-state index >= 15 is 0 Å². The minimum absolute atomic E-state index is 0.0685. The number of nitrogens with zero attached hydrogens (tertiary/aromatic N) is 1. The molecule has 1 aromatic heterocycles.